The topological polar surface area (TPSA) is 170 Å². The van der Waals surface area contributed by atoms with E-state index in [2.05, 4.69) is 41.6 Å². The Morgan fingerprint density at radius 1 is 1.15 bits per heavy atom. The van der Waals surface area contributed by atoms with E-state index in [-0.39, 0.29) is 34.4 Å². The maximum Gasteiger partial charge on any atom is 0.573 e. The highest BCUT2D eigenvalue weighted by Gasteiger charge is 2.32. The number of ketones is 1. The summed E-state index contributed by atoms with van der Waals surface area (Å²) in [5.41, 5.74) is 0.438. The van der Waals surface area contributed by atoms with Crippen LogP contribution < -0.4 is 20.7 Å². The summed E-state index contributed by atoms with van der Waals surface area (Å²) >= 11 is 3.06. The molecule has 11 nitrogen and oxygen atoms in total. The highest BCUT2D eigenvalue weighted by molar-refractivity contribution is 9.10. The number of aromatic hydroxyl groups is 1. The molecule has 39 heavy (non-hydrogen) atoms. The minimum Gasteiger partial charge on any atom is -0.508 e. The van der Waals surface area contributed by atoms with Crippen molar-refractivity contribution in [1.29, 1.82) is 0 Å². The fraction of sp³-hybridized carbons (Fsp3) is 0.333. The lowest BCUT2D eigenvalue weighted by molar-refractivity contribution is -0.274. The van der Waals surface area contributed by atoms with Gasteiger partial charge in [-0.3, -0.25) is 19.4 Å². The van der Waals surface area contributed by atoms with Gasteiger partial charge in [-0.25, -0.2) is 0 Å². The Kier molecular flexibility index (Phi) is 9.75. The number of nitrogens with zero attached hydrogens (tertiary/aromatic N) is 1. The number of hydrogen-bond acceptors (Lipinski definition) is 9. The van der Waals surface area contributed by atoms with Gasteiger partial charge in [-0.1, -0.05) is 15.9 Å². The van der Waals surface area contributed by atoms with E-state index in [1.54, 1.807) is 0 Å². The molecule has 0 aliphatic carbocycles. The molecular weight excluding hydrogens is 593 g/mol. The second-order valence-electron chi connectivity index (χ2n) is 8.61. The van der Waals surface area contributed by atoms with Gasteiger partial charge in [0.25, 0.3) is 5.91 Å². The predicted octanol–water partition coefficient (Wildman–Crippen LogP) is 2.73. The largest absolute Gasteiger partial charge is 0.573 e. The number of aliphatic imine (C=N–C) groups is 1. The highest BCUT2D eigenvalue weighted by Crippen LogP contribution is 2.33. The van der Waals surface area contributed by atoms with Gasteiger partial charge in [-0.15, -0.1) is 13.2 Å². The number of guanidine groups is 1. The van der Waals surface area contributed by atoms with E-state index in [4.69, 9.17) is 0 Å². The number of carboxylic acid groups (broad SMARTS) is 1. The molecule has 0 radical (unpaired) electrons. The molecule has 2 aromatic rings. The molecule has 1 unspecified atom stereocenters. The van der Waals surface area contributed by atoms with Crippen LogP contribution in [0.3, 0.4) is 0 Å². The molecule has 0 spiro atoms. The molecule has 0 saturated heterocycles. The summed E-state index contributed by atoms with van der Waals surface area (Å²) in [6, 6.07) is 7.34. The third-order valence-corrected chi connectivity index (χ3v) is 5.81. The van der Waals surface area contributed by atoms with Crippen molar-refractivity contribution < 1.29 is 47.6 Å². The molecule has 2 atom stereocenters. The number of phenolic OH excluding ortho intramolecular Hbond substituents is 1. The first kappa shape index (κ1) is 29.7. The number of phenols is 1. The van der Waals surface area contributed by atoms with Crippen LogP contribution in [-0.2, 0) is 9.59 Å². The Morgan fingerprint density at radius 3 is 2.54 bits per heavy atom. The summed E-state index contributed by atoms with van der Waals surface area (Å²) < 4.78 is 42.1. The molecule has 210 valence electrons. The maximum atomic E-state index is 12.7. The van der Waals surface area contributed by atoms with Gasteiger partial charge in [0, 0.05) is 40.7 Å². The predicted molar refractivity (Wildman–Crippen MR) is 136 cm³/mol. The lowest BCUT2D eigenvalue weighted by atomic mass is 9.90. The number of ether oxygens (including phenoxy) is 1. The SMILES string of the molecule is O=C(O)C[C@H](CC(=O)CNC(=O)c1cc(O)cc(NC2=NCC(O)CN2)c1)c1cc(Br)cc(OC(F)(F)F)c1. The van der Waals surface area contributed by atoms with Crippen LogP contribution in [0.25, 0.3) is 0 Å². The minimum absolute atomic E-state index is 0.00441. The number of hydrogen-bond donors (Lipinski definition) is 6. The summed E-state index contributed by atoms with van der Waals surface area (Å²) in [6.07, 6.45) is -6.55. The highest BCUT2D eigenvalue weighted by atomic mass is 79.9. The van der Waals surface area contributed by atoms with Crippen molar-refractivity contribution in [3.05, 3.63) is 52.0 Å². The number of anilines is 1. The smallest absolute Gasteiger partial charge is 0.508 e. The van der Waals surface area contributed by atoms with Crippen LogP contribution in [0.2, 0.25) is 0 Å². The number of carbonyl (C=O) groups is 3. The number of rotatable bonds is 10. The third kappa shape index (κ3) is 9.76. The van der Waals surface area contributed by atoms with E-state index in [0.29, 0.717) is 11.6 Å². The molecule has 1 heterocycles. The standard InChI is InChI=1S/C24H24BrF3N4O7/c25-15-1-12(5-20(7-15)39-24(26,27)28)13(6-21(36)37)3-18(34)9-29-22(38)14-2-16(8-17(33)4-14)32-23-30-10-19(35)11-31-23/h1-2,4-5,7-8,13,19,33,35H,3,6,9-11H2,(H,29,38)(H,36,37)(H2,30,31,32)/t13-/m0/s1. The van der Waals surface area contributed by atoms with Crippen LogP contribution in [0.15, 0.2) is 45.9 Å². The number of alkyl halides is 3. The first-order valence-electron chi connectivity index (χ1n) is 11.4. The van der Waals surface area contributed by atoms with E-state index in [1.165, 1.54) is 24.3 Å². The van der Waals surface area contributed by atoms with Crippen LogP contribution in [0.4, 0.5) is 18.9 Å². The van der Waals surface area contributed by atoms with Crippen LogP contribution in [0.5, 0.6) is 11.5 Å². The molecule has 15 heteroatoms. The maximum absolute atomic E-state index is 12.7. The van der Waals surface area contributed by atoms with E-state index in [1.807, 2.05) is 0 Å². The number of aliphatic hydroxyl groups excluding tert-OH is 1. The van der Waals surface area contributed by atoms with Crippen molar-refractivity contribution in [2.24, 2.45) is 4.99 Å². The van der Waals surface area contributed by atoms with Crippen LogP contribution >= 0.6 is 15.9 Å². The number of Topliss-reactive ketones (excluding diaryl/α,β-unsaturated/α-hetero) is 1. The lowest BCUT2D eigenvalue weighted by Gasteiger charge is -2.20. The van der Waals surface area contributed by atoms with Crippen molar-refractivity contribution in [2.45, 2.75) is 31.2 Å². The van der Waals surface area contributed by atoms with Gasteiger partial charge in [-0.2, -0.15) is 0 Å². The molecule has 0 aromatic heterocycles. The van der Waals surface area contributed by atoms with Crippen LogP contribution in [0, 0.1) is 0 Å². The quantitative estimate of drug-likeness (QED) is 0.235. The van der Waals surface area contributed by atoms with Crippen molar-refractivity contribution in [1.82, 2.24) is 10.6 Å². The summed E-state index contributed by atoms with van der Waals surface area (Å²) in [6.45, 7) is -0.0674. The average Bonchev–Trinajstić information content (AvgIpc) is 2.81. The normalized spacial score (nSPS) is 15.9. The van der Waals surface area contributed by atoms with Crippen molar-refractivity contribution >= 4 is 45.2 Å². The average molecular weight is 617 g/mol. The zero-order chi connectivity index (χ0) is 28.7. The van der Waals surface area contributed by atoms with Crippen LogP contribution in [0.1, 0.15) is 34.7 Å². The Labute approximate surface area is 228 Å². The number of aliphatic hydroxyl groups is 1. The molecule has 1 amide bonds. The second kappa shape index (κ2) is 12.8. The second-order valence-corrected chi connectivity index (χ2v) is 9.52. The van der Waals surface area contributed by atoms with E-state index in [9.17, 15) is 42.9 Å². The lowest BCUT2D eigenvalue weighted by Crippen LogP contribution is -2.42. The monoisotopic (exact) mass is 616 g/mol. The van der Waals surface area contributed by atoms with Crippen LogP contribution in [-0.4, -0.2) is 71.0 Å². The number of benzene rings is 2. The fourth-order valence-corrected chi connectivity index (χ4v) is 4.22. The third-order valence-electron chi connectivity index (χ3n) is 5.35. The number of β-amino-alcohol motifs (C(OH)–C–C–N with tert-alkyl or cyclic N) is 1. The molecule has 6 N–H and O–H groups in total. The van der Waals surface area contributed by atoms with Crippen molar-refractivity contribution in [2.75, 3.05) is 25.0 Å². The Balaban J connectivity index is 1.66. The molecular formula is C24H24BrF3N4O7. The van der Waals surface area contributed by atoms with Crippen molar-refractivity contribution in [3.8, 4) is 11.5 Å². The first-order valence-corrected chi connectivity index (χ1v) is 12.2. The van der Waals surface area contributed by atoms with Gasteiger partial charge >= 0.3 is 12.3 Å². The van der Waals surface area contributed by atoms with E-state index in [0.717, 1.165) is 12.1 Å². The number of amides is 1. The first-order chi connectivity index (χ1) is 18.3. The summed E-state index contributed by atoms with van der Waals surface area (Å²) in [4.78, 5) is 40.7. The van der Waals surface area contributed by atoms with Gasteiger partial charge in [-0.05, 0) is 35.9 Å². The van der Waals surface area contributed by atoms with Gasteiger partial charge in [0.1, 0.15) is 11.5 Å². The summed E-state index contributed by atoms with van der Waals surface area (Å²) in [5, 5.41) is 36.9. The molecule has 1 aliphatic rings. The molecule has 0 saturated carbocycles. The van der Waals surface area contributed by atoms with Gasteiger partial charge in [0.15, 0.2) is 11.7 Å². The summed E-state index contributed by atoms with van der Waals surface area (Å²) in [5.74, 6) is -4.07. The van der Waals surface area contributed by atoms with Gasteiger partial charge < -0.3 is 36.0 Å². The summed E-state index contributed by atoms with van der Waals surface area (Å²) in [7, 11) is 0. The van der Waals surface area contributed by atoms with E-state index < -0.39 is 61.2 Å². The zero-order valence-electron chi connectivity index (χ0n) is 20.1. The Hall–Kier alpha value is -3.85. The van der Waals surface area contributed by atoms with E-state index >= 15 is 0 Å². The molecule has 1 aliphatic heterocycles. The Bertz CT molecular complexity index is 1270. The number of carbonyl (C=O) groups excluding carboxylic acids is 2. The molecule has 3 rings (SSSR count). The van der Waals surface area contributed by atoms with Crippen molar-refractivity contribution in [3.63, 3.8) is 0 Å². The molecule has 2 aromatic carbocycles. The zero-order valence-corrected chi connectivity index (χ0v) is 21.7. The van der Waals surface area contributed by atoms with Gasteiger partial charge in [0.2, 0.25) is 0 Å². The van der Waals surface area contributed by atoms with Gasteiger partial charge in [0.05, 0.1) is 25.6 Å². The number of halogens is 4. The fourth-order valence-electron chi connectivity index (χ4n) is 3.73. The number of nitrogens with one attached hydrogen (secondary N) is 3. The number of aliphatic carboxylic acids is 1. The number of carboxylic acids is 1. The Morgan fingerprint density at radius 2 is 1.90 bits per heavy atom. The molecule has 0 fully saturated rings. The molecule has 0 bridgehead atoms. The minimum atomic E-state index is -4.97.